The third-order valence-corrected chi connectivity index (χ3v) is 2.37. The number of rotatable bonds is 4. The molecule has 18 heavy (non-hydrogen) atoms. The lowest BCUT2D eigenvalue weighted by atomic mass is 10.3. The Morgan fingerprint density at radius 2 is 1.78 bits per heavy atom. The molecule has 0 bridgehead atoms. The third-order valence-electron chi connectivity index (χ3n) is 2.37. The molecule has 0 aliphatic heterocycles. The topological polar surface area (TPSA) is 43.7 Å². The third kappa shape index (κ3) is 3.07. The van der Waals surface area contributed by atoms with Gasteiger partial charge < -0.3 is 9.47 Å². The molecule has 0 saturated carbocycles. The lowest BCUT2D eigenvalue weighted by molar-refractivity contribution is 0.394. The van der Waals surface area contributed by atoms with Crippen molar-refractivity contribution in [2.45, 2.75) is 0 Å². The summed E-state index contributed by atoms with van der Waals surface area (Å²) in [4.78, 5) is 8.51. The molecule has 1 heterocycles. The van der Waals surface area contributed by atoms with Crippen molar-refractivity contribution in [1.29, 1.82) is 0 Å². The van der Waals surface area contributed by atoms with Crippen LogP contribution in [0.5, 0.6) is 11.5 Å². The molecule has 4 nitrogen and oxygen atoms in total. The largest absolute Gasteiger partial charge is 0.497 e. The Kier molecular flexibility index (Phi) is 3.91. The zero-order chi connectivity index (χ0) is 12.8. The average Bonchev–Trinajstić information content (AvgIpc) is 2.45. The Balaban J connectivity index is 2.25. The van der Waals surface area contributed by atoms with Gasteiger partial charge in [0, 0.05) is 24.4 Å². The van der Waals surface area contributed by atoms with E-state index in [2.05, 4.69) is 9.98 Å². The summed E-state index contributed by atoms with van der Waals surface area (Å²) in [5, 5.41) is 0. The standard InChI is InChI=1S/C14H14N2O2/c1-17-13-7-12(8-14(9-13)18-2)16-10-11-5-3-4-6-15-11/h3-10H,1-2H3. The summed E-state index contributed by atoms with van der Waals surface area (Å²) in [5.41, 5.74) is 1.57. The molecule has 0 atom stereocenters. The Labute approximate surface area is 106 Å². The van der Waals surface area contributed by atoms with Crippen LogP contribution in [0, 0.1) is 0 Å². The van der Waals surface area contributed by atoms with Gasteiger partial charge in [-0.3, -0.25) is 9.98 Å². The Morgan fingerprint density at radius 1 is 1.06 bits per heavy atom. The van der Waals surface area contributed by atoms with E-state index in [4.69, 9.17) is 9.47 Å². The van der Waals surface area contributed by atoms with Gasteiger partial charge in [-0.05, 0) is 12.1 Å². The van der Waals surface area contributed by atoms with Crippen LogP contribution in [0.15, 0.2) is 47.6 Å². The molecule has 0 amide bonds. The normalized spacial score (nSPS) is 10.6. The number of hydrogen-bond donors (Lipinski definition) is 0. The number of benzene rings is 1. The summed E-state index contributed by atoms with van der Waals surface area (Å²) < 4.78 is 10.4. The predicted octanol–water partition coefficient (Wildman–Crippen LogP) is 2.85. The number of methoxy groups -OCH3 is 2. The van der Waals surface area contributed by atoms with Crippen LogP contribution in [0.1, 0.15) is 5.69 Å². The van der Waals surface area contributed by atoms with Gasteiger partial charge >= 0.3 is 0 Å². The highest BCUT2D eigenvalue weighted by Gasteiger charge is 2.00. The lowest BCUT2D eigenvalue weighted by Gasteiger charge is -2.05. The van der Waals surface area contributed by atoms with Crippen LogP contribution in [0.2, 0.25) is 0 Å². The van der Waals surface area contributed by atoms with Crippen LogP contribution in [0.25, 0.3) is 0 Å². The SMILES string of the molecule is COc1cc(N=Cc2ccccn2)cc(OC)c1. The Morgan fingerprint density at radius 3 is 2.33 bits per heavy atom. The van der Waals surface area contributed by atoms with Gasteiger partial charge in [-0.25, -0.2) is 0 Å². The van der Waals surface area contributed by atoms with E-state index in [1.807, 2.05) is 30.3 Å². The fraction of sp³-hybridized carbons (Fsp3) is 0.143. The minimum absolute atomic E-state index is 0.711. The van der Waals surface area contributed by atoms with Crippen LogP contribution >= 0.6 is 0 Å². The van der Waals surface area contributed by atoms with Crippen molar-refractivity contribution in [3.8, 4) is 11.5 Å². The van der Waals surface area contributed by atoms with Gasteiger partial charge in [0.2, 0.25) is 0 Å². The van der Waals surface area contributed by atoms with Gasteiger partial charge in [-0.2, -0.15) is 0 Å². The van der Waals surface area contributed by atoms with Crippen molar-refractivity contribution in [1.82, 2.24) is 4.98 Å². The maximum Gasteiger partial charge on any atom is 0.124 e. The summed E-state index contributed by atoms with van der Waals surface area (Å²) in [6.07, 6.45) is 3.43. The maximum absolute atomic E-state index is 5.18. The zero-order valence-corrected chi connectivity index (χ0v) is 10.3. The van der Waals surface area contributed by atoms with E-state index >= 15 is 0 Å². The second-order valence-corrected chi connectivity index (χ2v) is 3.58. The summed E-state index contributed by atoms with van der Waals surface area (Å²) >= 11 is 0. The van der Waals surface area contributed by atoms with Crippen molar-refractivity contribution < 1.29 is 9.47 Å². The molecule has 0 spiro atoms. The lowest BCUT2D eigenvalue weighted by Crippen LogP contribution is -1.87. The molecule has 92 valence electrons. The monoisotopic (exact) mass is 242 g/mol. The Hall–Kier alpha value is -2.36. The molecule has 0 aliphatic rings. The number of aromatic nitrogens is 1. The first-order valence-electron chi connectivity index (χ1n) is 5.50. The van der Waals surface area contributed by atoms with Crippen molar-refractivity contribution in [3.63, 3.8) is 0 Å². The number of pyridine rings is 1. The van der Waals surface area contributed by atoms with Crippen molar-refractivity contribution in [2.24, 2.45) is 4.99 Å². The quantitative estimate of drug-likeness (QED) is 0.774. The summed E-state index contributed by atoms with van der Waals surface area (Å²) in [7, 11) is 3.22. The average molecular weight is 242 g/mol. The van der Waals surface area contributed by atoms with Gasteiger partial charge in [0.1, 0.15) is 11.5 Å². The van der Waals surface area contributed by atoms with E-state index < -0.39 is 0 Å². The summed E-state index contributed by atoms with van der Waals surface area (Å²) in [5.74, 6) is 1.42. The molecule has 0 N–H and O–H groups in total. The van der Waals surface area contributed by atoms with Crippen LogP contribution in [-0.4, -0.2) is 25.4 Å². The minimum atomic E-state index is 0.711. The maximum atomic E-state index is 5.18. The highest BCUT2D eigenvalue weighted by atomic mass is 16.5. The molecule has 4 heteroatoms. The van der Waals surface area contributed by atoms with Gasteiger partial charge in [0.05, 0.1) is 31.8 Å². The molecule has 2 aromatic rings. The molecule has 1 aromatic heterocycles. The summed E-state index contributed by atoms with van der Waals surface area (Å²) in [6.45, 7) is 0. The smallest absolute Gasteiger partial charge is 0.124 e. The molecule has 0 unspecified atom stereocenters. The second-order valence-electron chi connectivity index (χ2n) is 3.58. The number of hydrogen-bond acceptors (Lipinski definition) is 4. The van der Waals surface area contributed by atoms with Gasteiger partial charge in [0.15, 0.2) is 0 Å². The van der Waals surface area contributed by atoms with Gasteiger partial charge in [-0.15, -0.1) is 0 Å². The molecular weight excluding hydrogens is 228 g/mol. The number of aliphatic imine (C=N–C) groups is 1. The zero-order valence-electron chi connectivity index (χ0n) is 10.3. The highest BCUT2D eigenvalue weighted by Crippen LogP contribution is 2.27. The van der Waals surface area contributed by atoms with E-state index in [0.29, 0.717) is 11.5 Å². The van der Waals surface area contributed by atoms with E-state index in [-0.39, 0.29) is 0 Å². The first-order valence-corrected chi connectivity index (χ1v) is 5.50. The van der Waals surface area contributed by atoms with E-state index in [1.54, 1.807) is 32.7 Å². The van der Waals surface area contributed by atoms with Crippen molar-refractivity contribution in [2.75, 3.05) is 14.2 Å². The number of nitrogens with zero attached hydrogens (tertiary/aromatic N) is 2. The van der Waals surface area contributed by atoms with Gasteiger partial charge in [0.25, 0.3) is 0 Å². The van der Waals surface area contributed by atoms with E-state index in [0.717, 1.165) is 11.4 Å². The molecule has 0 saturated heterocycles. The molecular formula is C14H14N2O2. The predicted molar refractivity (Wildman–Crippen MR) is 71.0 cm³/mol. The van der Waals surface area contributed by atoms with Crippen LogP contribution in [-0.2, 0) is 0 Å². The van der Waals surface area contributed by atoms with Crippen molar-refractivity contribution in [3.05, 3.63) is 48.3 Å². The van der Waals surface area contributed by atoms with Crippen LogP contribution in [0.3, 0.4) is 0 Å². The molecule has 2 rings (SSSR count). The molecule has 0 fully saturated rings. The van der Waals surface area contributed by atoms with Gasteiger partial charge in [-0.1, -0.05) is 6.07 Å². The molecule has 1 aromatic carbocycles. The van der Waals surface area contributed by atoms with Crippen molar-refractivity contribution >= 4 is 11.9 Å². The fourth-order valence-electron chi connectivity index (χ4n) is 1.46. The minimum Gasteiger partial charge on any atom is -0.497 e. The molecule has 0 aliphatic carbocycles. The first kappa shape index (κ1) is 12.1. The molecule has 0 radical (unpaired) electrons. The summed E-state index contributed by atoms with van der Waals surface area (Å²) in [6, 6.07) is 11.1. The first-order chi connectivity index (χ1) is 8.81. The van der Waals surface area contributed by atoms with E-state index in [9.17, 15) is 0 Å². The fourth-order valence-corrected chi connectivity index (χ4v) is 1.46. The van der Waals surface area contributed by atoms with Crippen LogP contribution in [0.4, 0.5) is 5.69 Å². The van der Waals surface area contributed by atoms with E-state index in [1.165, 1.54) is 0 Å². The van der Waals surface area contributed by atoms with Crippen LogP contribution < -0.4 is 9.47 Å². The number of ether oxygens (including phenoxy) is 2. The second kappa shape index (κ2) is 5.82. The highest BCUT2D eigenvalue weighted by molar-refractivity contribution is 5.79. The Bertz CT molecular complexity index is 516.